The van der Waals surface area contributed by atoms with Gasteiger partial charge in [0.1, 0.15) is 0 Å². The fourth-order valence-electron chi connectivity index (χ4n) is 2.56. The molecule has 0 amide bonds. The minimum absolute atomic E-state index is 0.00149. The summed E-state index contributed by atoms with van der Waals surface area (Å²) in [6.07, 6.45) is 1.19. The number of rotatable bonds is 5. The fourth-order valence-corrected chi connectivity index (χ4v) is 2.56. The molecule has 1 unspecified atom stereocenters. The largest absolute Gasteiger partial charge is 0.397 e. The third-order valence-electron chi connectivity index (χ3n) is 4.27. The molecule has 4 N–H and O–H groups in total. The molecule has 5 nitrogen and oxygen atoms in total. The minimum atomic E-state index is -0.692. The number of hydrogen-bond donors (Lipinski definition) is 3. The second-order valence-corrected chi connectivity index (χ2v) is 5.48. The van der Waals surface area contributed by atoms with Gasteiger partial charge in [0, 0.05) is 6.20 Å². The Kier molecular flexibility index (Phi) is 4.30. The highest BCUT2D eigenvalue weighted by Crippen LogP contribution is 2.31. The van der Waals surface area contributed by atoms with Crippen LogP contribution in [-0.2, 0) is 0 Å². The van der Waals surface area contributed by atoms with Gasteiger partial charge in [-0.3, -0.25) is 0 Å². The molecule has 2 aromatic rings. The molecule has 110 valence electrons. The zero-order valence-electron chi connectivity index (χ0n) is 12.2. The first-order valence-corrected chi connectivity index (χ1v) is 7.05. The summed E-state index contributed by atoms with van der Waals surface area (Å²) >= 11 is 0. The molecule has 0 aliphatic heterocycles. The van der Waals surface area contributed by atoms with Gasteiger partial charge in [-0.15, -0.1) is 0 Å². The lowest BCUT2D eigenvalue weighted by atomic mass is 9.84. The molecule has 5 heteroatoms. The van der Waals surface area contributed by atoms with Crippen LogP contribution in [0, 0.1) is 11.8 Å². The van der Waals surface area contributed by atoms with Gasteiger partial charge < -0.3 is 15.9 Å². The monoisotopic (exact) mass is 277 g/mol. The summed E-state index contributed by atoms with van der Waals surface area (Å²) < 4.78 is 1.67. The molecule has 2 aromatic heterocycles. The highest BCUT2D eigenvalue weighted by molar-refractivity contribution is 5.69. The zero-order chi connectivity index (χ0) is 14.9. The number of nitrogens with two attached hydrogens (primary N) is 1. The van der Waals surface area contributed by atoms with Crippen molar-refractivity contribution in [2.24, 2.45) is 11.8 Å². The number of aromatic nitrogens is 2. The van der Waals surface area contributed by atoms with Gasteiger partial charge in [-0.2, -0.15) is 5.10 Å². The van der Waals surface area contributed by atoms with Crippen molar-refractivity contribution in [2.45, 2.75) is 39.4 Å². The van der Waals surface area contributed by atoms with Crippen LogP contribution in [0.5, 0.6) is 0 Å². The smallest absolute Gasteiger partial charge is 0.0989 e. The zero-order valence-corrected chi connectivity index (χ0v) is 12.2. The topological polar surface area (TPSA) is 83.8 Å². The van der Waals surface area contributed by atoms with Crippen LogP contribution in [0.15, 0.2) is 24.4 Å². The van der Waals surface area contributed by atoms with Crippen molar-refractivity contribution < 1.29 is 10.2 Å². The molecule has 0 aliphatic carbocycles. The average molecular weight is 277 g/mol. The van der Waals surface area contributed by atoms with Gasteiger partial charge in [-0.25, -0.2) is 4.52 Å². The number of anilines is 1. The molecule has 0 saturated carbocycles. The van der Waals surface area contributed by atoms with Gasteiger partial charge in [-0.1, -0.05) is 20.8 Å². The molecular formula is C15H23N3O2. The van der Waals surface area contributed by atoms with Crippen LogP contribution in [0.3, 0.4) is 0 Å². The normalized spacial score (nSPS) is 17.9. The maximum Gasteiger partial charge on any atom is 0.0989 e. The molecule has 0 aliphatic rings. The van der Waals surface area contributed by atoms with Gasteiger partial charge >= 0.3 is 0 Å². The van der Waals surface area contributed by atoms with Crippen LogP contribution in [0.25, 0.3) is 5.52 Å². The number of nitrogen functional groups attached to an aromatic ring is 1. The Morgan fingerprint density at radius 1 is 1.20 bits per heavy atom. The van der Waals surface area contributed by atoms with Crippen LogP contribution in [0.4, 0.5) is 5.69 Å². The molecule has 0 aromatic carbocycles. The highest BCUT2D eigenvalue weighted by Gasteiger charge is 2.28. The summed E-state index contributed by atoms with van der Waals surface area (Å²) in [4.78, 5) is 0. The van der Waals surface area contributed by atoms with E-state index in [1.54, 1.807) is 16.8 Å². The molecule has 4 atom stereocenters. The van der Waals surface area contributed by atoms with Crippen LogP contribution in [0.1, 0.15) is 39.0 Å². The van der Waals surface area contributed by atoms with Crippen LogP contribution in [0.2, 0.25) is 0 Å². The maximum absolute atomic E-state index is 10.6. The van der Waals surface area contributed by atoms with Gasteiger partial charge in [-0.05, 0) is 36.5 Å². The van der Waals surface area contributed by atoms with E-state index >= 15 is 0 Å². The fraction of sp³-hybridized carbons (Fsp3) is 0.533. The van der Waals surface area contributed by atoms with E-state index in [0.29, 0.717) is 17.8 Å². The van der Waals surface area contributed by atoms with Crippen molar-refractivity contribution in [3.63, 3.8) is 0 Å². The number of aliphatic hydroxyl groups excluding tert-OH is 2. The molecule has 20 heavy (non-hydrogen) atoms. The molecular weight excluding hydrogens is 254 g/mol. The number of aliphatic hydroxyl groups is 2. The first kappa shape index (κ1) is 14.8. The summed E-state index contributed by atoms with van der Waals surface area (Å²) in [5.74, 6) is -0.0760. The Morgan fingerprint density at radius 3 is 2.55 bits per heavy atom. The minimum Gasteiger partial charge on any atom is -0.397 e. The number of hydrogen-bond acceptors (Lipinski definition) is 4. The molecule has 0 bridgehead atoms. The third-order valence-corrected chi connectivity index (χ3v) is 4.27. The van der Waals surface area contributed by atoms with E-state index in [-0.39, 0.29) is 11.8 Å². The third kappa shape index (κ3) is 2.51. The Balaban J connectivity index is 2.32. The summed E-state index contributed by atoms with van der Waals surface area (Å²) in [6.45, 7) is 5.84. The quantitative estimate of drug-likeness (QED) is 0.780. The molecule has 0 spiro atoms. The van der Waals surface area contributed by atoms with E-state index in [2.05, 4.69) is 5.10 Å². The first-order valence-electron chi connectivity index (χ1n) is 7.05. The molecule has 0 fully saturated rings. The van der Waals surface area contributed by atoms with Crippen molar-refractivity contribution in [2.75, 3.05) is 5.73 Å². The summed E-state index contributed by atoms with van der Waals surface area (Å²) in [6, 6.07) is 5.43. The predicted octanol–water partition coefficient (Wildman–Crippen LogP) is 1.99. The van der Waals surface area contributed by atoms with E-state index in [9.17, 15) is 10.2 Å². The molecule has 0 radical (unpaired) electrons. The van der Waals surface area contributed by atoms with E-state index in [1.165, 1.54) is 0 Å². The summed E-state index contributed by atoms with van der Waals surface area (Å²) in [7, 11) is 0. The average Bonchev–Trinajstić information content (AvgIpc) is 2.89. The second kappa shape index (κ2) is 5.81. The Hall–Kier alpha value is -1.59. The maximum atomic E-state index is 10.6. The van der Waals surface area contributed by atoms with Crippen molar-refractivity contribution in [1.29, 1.82) is 0 Å². The Bertz CT molecular complexity index is 582. The van der Waals surface area contributed by atoms with E-state index in [4.69, 9.17) is 5.73 Å². The van der Waals surface area contributed by atoms with E-state index in [0.717, 1.165) is 5.52 Å². The van der Waals surface area contributed by atoms with E-state index in [1.807, 2.05) is 32.9 Å². The lowest BCUT2D eigenvalue weighted by Gasteiger charge is -2.28. The van der Waals surface area contributed by atoms with Gasteiger partial charge in [0.25, 0.3) is 0 Å². The SMILES string of the molecule is CC[C@@H](O)[C@@H](C)[C@@H](C)C(O)c1ccc2c(N)ccnn12. The first-order chi connectivity index (χ1) is 9.47. The van der Waals surface area contributed by atoms with Crippen LogP contribution in [-0.4, -0.2) is 25.9 Å². The standard InChI is InChI=1S/C15H23N3O2/c1-4-14(19)9(2)10(3)15(20)13-6-5-12-11(16)7-8-17-18(12)13/h5-10,14-15,19-20H,4,16H2,1-3H3/t9-,10+,14+,15?/m0/s1. The highest BCUT2D eigenvalue weighted by atomic mass is 16.3. The van der Waals surface area contributed by atoms with E-state index < -0.39 is 12.2 Å². The summed E-state index contributed by atoms with van der Waals surface area (Å²) in [5.41, 5.74) is 8.02. The van der Waals surface area contributed by atoms with Crippen molar-refractivity contribution in [3.8, 4) is 0 Å². The Labute approximate surface area is 119 Å². The summed E-state index contributed by atoms with van der Waals surface area (Å²) in [5, 5.41) is 24.8. The lowest BCUT2D eigenvalue weighted by molar-refractivity contribution is 0.0180. The van der Waals surface area contributed by atoms with Gasteiger partial charge in [0.2, 0.25) is 0 Å². The second-order valence-electron chi connectivity index (χ2n) is 5.48. The number of nitrogens with zero attached hydrogens (tertiary/aromatic N) is 2. The van der Waals surface area contributed by atoms with Crippen LogP contribution >= 0.6 is 0 Å². The Morgan fingerprint density at radius 2 is 1.90 bits per heavy atom. The predicted molar refractivity (Wildman–Crippen MR) is 79.2 cm³/mol. The molecule has 0 saturated heterocycles. The van der Waals surface area contributed by atoms with Gasteiger partial charge in [0.05, 0.1) is 29.1 Å². The number of fused-ring (bicyclic) bond motifs is 1. The van der Waals surface area contributed by atoms with Crippen LogP contribution < -0.4 is 5.73 Å². The van der Waals surface area contributed by atoms with Crippen molar-refractivity contribution in [3.05, 3.63) is 30.1 Å². The molecule has 2 rings (SSSR count). The van der Waals surface area contributed by atoms with Crippen molar-refractivity contribution >= 4 is 11.2 Å². The van der Waals surface area contributed by atoms with Gasteiger partial charge in [0.15, 0.2) is 0 Å². The lowest BCUT2D eigenvalue weighted by Crippen LogP contribution is -2.28. The molecule has 2 heterocycles. The van der Waals surface area contributed by atoms with Crippen molar-refractivity contribution in [1.82, 2.24) is 9.61 Å².